The van der Waals surface area contributed by atoms with Gasteiger partial charge < -0.3 is 10.3 Å². The molecule has 0 atom stereocenters. The molecule has 1 saturated carbocycles. The van der Waals surface area contributed by atoms with Crippen molar-refractivity contribution in [3.8, 4) is 12.3 Å². The molecule has 31 heavy (non-hydrogen) atoms. The molecular weight excluding hydrogens is 450 g/mol. The highest BCUT2D eigenvalue weighted by atomic mass is 35.5. The highest BCUT2D eigenvalue weighted by molar-refractivity contribution is 5.85. The number of rotatable bonds is 3. The molecule has 5 nitrogen and oxygen atoms in total. The minimum absolute atomic E-state index is 0. The van der Waals surface area contributed by atoms with E-state index in [1.54, 1.807) is 0 Å². The van der Waals surface area contributed by atoms with Gasteiger partial charge in [0.05, 0.1) is 6.54 Å². The minimum Gasteiger partial charge on any atom is -0.330 e. The van der Waals surface area contributed by atoms with E-state index < -0.39 is 12.0 Å². The summed E-state index contributed by atoms with van der Waals surface area (Å²) in [5, 5.41) is 7.16. The van der Waals surface area contributed by atoms with Gasteiger partial charge in [-0.25, -0.2) is 0 Å². The average molecular weight is 476 g/mol. The highest BCUT2D eigenvalue weighted by Crippen LogP contribution is 2.41. The van der Waals surface area contributed by atoms with Crippen LogP contribution in [0.15, 0.2) is 24.3 Å². The third-order valence-corrected chi connectivity index (χ3v) is 6.50. The van der Waals surface area contributed by atoms with E-state index in [9.17, 15) is 13.2 Å². The molecule has 1 aliphatic carbocycles. The molecule has 1 aromatic heterocycles. The summed E-state index contributed by atoms with van der Waals surface area (Å²) in [7, 11) is 0. The first-order valence-electron chi connectivity index (χ1n) is 9.87. The number of hydrogen-bond donors (Lipinski definition) is 1. The Morgan fingerprint density at radius 2 is 1.87 bits per heavy atom. The fraction of sp³-hybridized carbons (Fsp3) is 0.524. The first kappa shape index (κ1) is 25.5. The predicted molar refractivity (Wildman–Crippen MR) is 117 cm³/mol. The average Bonchev–Trinajstić information content (AvgIpc) is 3.17. The van der Waals surface area contributed by atoms with Crippen LogP contribution in [0, 0.1) is 12.3 Å². The minimum atomic E-state index is -4.47. The first-order valence-corrected chi connectivity index (χ1v) is 9.87. The molecule has 0 saturated heterocycles. The van der Waals surface area contributed by atoms with Crippen LogP contribution in [0.3, 0.4) is 0 Å². The van der Waals surface area contributed by atoms with Gasteiger partial charge in [0, 0.05) is 36.7 Å². The standard InChI is InChI=1S/C21H24F3N5.2ClH/c1-2-15-4-3-5-16(12-15)20(14-25)8-6-17(7-9-20)28-10-11-29-18(13-28)26-27-19(29)21(22,23)24;;/h1,3-5,12,17H,6-11,13-14,25H2;2*1H/t17-,20-;;. The van der Waals surface area contributed by atoms with Crippen molar-refractivity contribution in [3.63, 3.8) is 0 Å². The molecule has 2 heterocycles. The fourth-order valence-corrected chi connectivity index (χ4v) is 4.77. The van der Waals surface area contributed by atoms with Gasteiger partial charge in [-0.3, -0.25) is 4.90 Å². The molecule has 0 radical (unpaired) electrons. The van der Waals surface area contributed by atoms with Crippen LogP contribution in [0.5, 0.6) is 0 Å². The Kier molecular flexibility index (Phi) is 8.04. The predicted octanol–water partition coefficient (Wildman–Crippen LogP) is 3.78. The van der Waals surface area contributed by atoms with Crippen molar-refractivity contribution >= 4 is 24.8 Å². The van der Waals surface area contributed by atoms with Crippen LogP contribution in [0.2, 0.25) is 0 Å². The Balaban J connectivity index is 0.00000171. The summed E-state index contributed by atoms with van der Waals surface area (Å²) in [6.45, 7) is 1.79. The molecule has 4 rings (SSSR count). The molecule has 0 spiro atoms. The quantitative estimate of drug-likeness (QED) is 0.686. The molecule has 2 aromatic rings. The number of alkyl halides is 3. The zero-order valence-electron chi connectivity index (χ0n) is 16.9. The lowest BCUT2D eigenvalue weighted by Crippen LogP contribution is -2.47. The van der Waals surface area contributed by atoms with E-state index in [2.05, 4.69) is 33.2 Å². The van der Waals surface area contributed by atoms with Crippen LogP contribution in [0.4, 0.5) is 13.2 Å². The Morgan fingerprint density at radius 3 is 2.48 bits per heavy atom. The normalized spacial score (nSPS) is 23.8. The van der Waals surface area contributed by atoms with Crippen LogP contribution in [0.1, 0.15) is 48.5 Å². The second-order valence-electron chi connectivity index (χ2n) is 8.00. The monoisotopic (exact) mass is 475 g/mol. The summed E-state index contributed by atoms with van der Waals surface area (Å²) in [6, 6.07) is 8.35. The molecule has 1 aromatic carbocycles. The summed E-state index contributed by atoms with van der Waals surface area (Å²) in [4.78, 5) is 2.24. The lowest BCUT2D eigenvalue weighted by molar-refractivity contribution is -0.148. The number of halogens is 5. The topological polar surface area (TPSA) is 60.0 Å². The second kappa shape index (κ2) is 9.78. The van der Waals surface area contributed by atoms with Crippen molar-refractivity contribution in [1.29, 1.82) is 0 Å². The van der Waals surface area contributed by atoms with E-state index in [0.29, 0.717) is 31.5 Å². The van der Waals surface area contributed by atoms with E-state index in [-0.39, 0.29) is 36.8 Å². The Hall–Kier alpha value is -1.79. The summed E-state index contributed by atoms with van der Waals surface area (Å²) in [5.74, 6) is 2.18. The summed E-state index contributed by atoms with van der Waals surface area (Å²) < 4.78 is 40.3. The van der Waals surface area contributed by atoms with Gasteiger partial charge in [-0.2, -0.15) is 13.2 Å². The maximum absolute atomic E-state index is 13.0. The van der Waals surface area contributed by atoms with Crippen molar-refractivity contribution < 1.29 is 13.2 Å². The van der Waals surface area contributed by atoms with Crippen molar-refractivity contribution in [1.82, 2.24) is 19.7 Å². The van der Waals surface area contributed by atoms with Crippen LogP contribution in [-0.2, 0) is 24.7 Å². The number of benzene rings is 1. The van der Waals surface area contributed by atoms with E-state index in [1.807, 2.05) is 12.1 Å². The van der Waals surface area contributed by atoms with Crippen molar-refractivity contribution in [2.24, 2.45) is 5.73 Å². The molecule has 0 bridgehead atoms. The van der Waals surface area contributed by atoms with Gasteiger partial charge >= 0.3 is 6.18 Å². The maximum Gasteiger partial charge on any atom is 0.451 e. The summed E-state index contributed by atoms with van der Waals surface area (Å²) >= 11 is 0. The number of hydrogen-bond acceptors (Lipinski definition) is 4. The molecule has 10 heteroatoms. The van der Waals surface area contributed by atoms with E-state index in [0.717, 1.165) is 31.2 Å². The molecule has 1 fully saturated rings. The van der Waals surface area contributed by atoms with Crippen LogP contribution < -0.4 is 5.73 Å². The largest absolute Gasteiger partial charge is 0.451 e. The van der Waals surface area contributed by atoms with Crippen LogP contribution in [-0.4, -0.2) is 38.8 Å². The third kappa shape index (κ3) is 4.85. The summed E-state index contributed by atoms with van der Waals surface area (Å²) in [6.07, 6.45) is 4.83. The van der Waals surface area contributed by atoms with Gasteiger partial charge in [-0.05, 0) is 43.4 Å². The second-order valence-corrected chi connectivity index (χ2v) is 8.00. The Labute approximate surface area is 192 Å². The molecular formula is C21H26Cl2F3N5. The van der Waals surface area contributed by atoms with Gasteiger partial charge in [0.2, 0.25) is 5.82 Å². The molecule has 2 aliphatic rings. The van der Waals surface area contributed by atoms with E-state index in [4.69, 9.17) is 12.2 Å². The number of aromatic nitrogens is 3. The van der Waals surface area contributed by atoms with Crippen molar-refractivity contribution in [3.05, 3.63) is 47.0 Å². The lowest BCUT2D eigenvalue weighted by atomic mass is 9.67. The number of nitrogens with zero attached hydrogens (tertiary/aromatic N) is 4. The Bertz CT molecular complexity index is 930. The SMILES string of the molecule is C#Cc1cccc([C@]2(CN)CC[C@@H](N3CCn4c(nnc4C(F)(F)F)C3)CC2)c1.Cl.Cl. The van der Waals surface area contributed by atoms with Gasteiger partial charge in [0.1, 0.15) is 5.82 Å². The first-order chi connectivity index (χ1) is 13.9. The number of nitrogens with two attached hydrogens (primary N) is 1. The highest BCUT2D eigenvalue weighted by Gasteiger charge is 2.41. The molecule has 1 aliphatic heterocycles. The zero-order chi connectivity index (χ0) is 20.6. The van der Waals surface area contributed by atoms with E-state index >= 15 is 0 Å². The molecule has 0 unspecified atom stereocenters. The molecule has 0 amide bonds. The molecule has 170 valence electrons. The van der Waals surface area contributed by atoms with Gasteiger partial charge in [-0.1, -0.05) is 18.1 Å². The lowest BCUT2D eigenvalue weighted by Gasteiger charge is -2.44. The van der Waals surface area contributed by atoms with Crippen molar-refractivity contribution in [2.45, 2.75) is 56.4 Å². The van der Waals surface area contributed by atoms with E-state index in [1.165, 1.54) is 10.1 Å². The van der Waals surface area contributed by atoms with Crippen LogP contribution in [0.25, 0.3) is 0 Å². The maximum atomic E-state index is 13.0. The molecule has 2 N–H and O–H groups in total. The van der Waals surface area contributed by atoms with Crippen molar-refractivity contribution in [2.75, 3.05) is 13.1 Å². The number of fused-ring (bicyclic) bond motifs is 1. The number of terminal acetylenes is 1. The zero-order valence-corrected chi connectivity index (χ0v) is 18.6. The smallest absolute Gasteiger partial charge is 0.330 e. The van der Waals surface area contributed by atoms with Crippen LogP contribution >= 0.6 is 24.8 Å². The summed E-state index contributed by atoms with van der Waals surface area (Å²) in [5.41, 5.74) is 8.14. The van der Waals surface area contributed by atoms with Gasteiger partial charge in [-0.15, -0.1) is 41.4 Å². The fourth-order valence-electron chi connectivity index (χ4n) is 4.77. The third-order valence-electron chi connectivity index (χ3n) is 6.50. The Morgan fingerprint density at radius 1 is 1.16 bits per heavy atom. The van der Waals surface area contributed by atoms with Gasteiger partial charge in [0.15, 0.2) is 0 Å². The van der Waals surface area contributed by atoms with Gasteiger partial charge in [0.25, 0.3) is 0 Å².